The molecule has 0 radical (unpaired) electrons. The summed E-state index contributed by atoms with van der Waals surface area (Å²) in [6.07, 6.45) is 0. The van der Waals surface area contributed by atoms with Crippen molar-refractivity contribution in [2.45, 2.75) is 0 Å². The van der Waals surface area contributed by atoms with Crippen LogP contribution in [-0.4, -0.2) is 15.0 Å². The maximum absolute atomic E-state index is 6.15. The molecule has 5 aromatic rings. The SMILES string of the molecule is Clc1nc(Nc2ccc(-c3ccccc3)cc2)nc(Nc2ccc(-c3ccccc3)cc2)n1. The minimum absolute atomic E-state index is 0.108. The summed E-state index contributed by atoms with van der Waals surface area (Å²) in [5.74, 6) is 0.733. The summed E-state index contributed by atoms with van der Waals surface area (Å²) in [6, 6.07) is 36.6. The Hall–Kier alpha value is -4.22. The van der Waals surface area contributed by atoms with Crippen LogP contribution in [0.3, 0.4) is 0 Å². The molecule has 5 rings (SSSR count). The number of benzene rings is 4. The average Bonchev–Trinajstić information content (AvgIpc) is 2.86. The Morgan fingerprint density at radius 2 is 0.788 bits per heavy atom. The van der Waals surface area contributed by atoms with Crippen molar-refractivity contribution in [2.24, 2.45) is 0 Å². The third-order valence-corrected chi connectivity index (χ3v) is 5.27. The Labute approximate surface area is 197 Å². The Kier molecular flexibility index (Phi) is 5.95. The number of nitrogens with one attached hydrogen (secondary N) is 2. The molecule has 0 unspecified atom stereocenters. The fourth-order valence-electron chi connectivity index (χ4n) is 3.47. The van der Waals surface area contributed by atoms with Gasteiger partial charge in [0.25, 0.3) is 0 Å². The van der Waals surface area contributed by atoms with Gasteiger partial charge in [-0.1, -0.05) is 84.9 Å². The van der Waals surface area contributed by atoms with Crippen LogP contribution in [0.5, 0.6) is 0 Å². The molecule has 0 atom stereocenters. The monoisotopic (exact) mass is 449 g/mol. The fourth-order valence-corrected chi connectivity index (χ4v) is 3.63. The summed E-state index contributed by atoms with van der Waals surface area (Å²) in [5.41, 5.74) is 6.31. The predicted octanol–water partition coefficient (Wildman–Crippen LogP) is 7.35. The van der Waals surface area contributed by atoms with Crippen LogP contribution in [0, 0.1) is 0 Å². The lowest BCUT2D eigenvalue weighted by Crippen LogP contribution is -2.04. The van der Waals surface area contributed by atoms with Crippen LogP contribution >= 0.6 is 11.6 Å². The van der Waals surface area contributed by atoms with Gasteiger partial charge in [-0.3, -0.25) is 0 Å². The summed E-state index contributed by atoms with van der Waals surface area (Å²) >= 11 is 6.15. The predicted molar refractivity (Wildman–Crippen MR) is 135 cm³/mol. The van der Waals surface area contributed by atoms with Gasteiger partial charge in [0.05, 0.1) is 0 Å². The van der Waals surface area contributed by atoms with E-state index in [4.69, 9.17) is 11.6 Å². The molecular formula is C27H20ClN5. The topological polar surface area (TPSA) is 62.7 Å². The van der Waals surface area contributed by atoms with E-state index in [2.05, 4.69) is 49.9 Å². The van der Waals surface area contributed by atoms with E-state index in [1.54, 1.807) is 0 Å². The largest absolute Gasteiger partial charge is 0.324 e. The second-order valence-electron chi connectivity index (χ2n) is 7.39. The van der Waals surface area contributed by atoms with Crippen molar-refractivity contribution in [3.8, 4) is 22.3 Å². The Morgan fingerprint density at radius 3 is 1.18 bits per heavy atom. The van der Waals surface area contributed by atoms with Gasteiger partial charge in [0.1, 0.15) is 0 Å². The van der Waals surface area contributed by atoms with Gasteiger partial charge in [0.15, 0.2) is 0 Å². The van der Waals surface area contributed by atoms with Gasteiger partial charge in [0, 0.05) is 11.4 Å². The second kappa shape index (κ2) is 9.51. The molecule has 0 fully saturated rings. The fraction of sp³-hybridized carbons (Fsp3) is 0. The van der Waals surface area contributed by atoms with Gasteiger partial charge in [0.2, 0.25) is 17.2 Å². The molecule has 6 heteroatoms. The smallest absolute Gasteiger partial charge is 0.233 e. The number of nitrogens with zero attached hydrogens (tertiary/aromatic N) is 3. The number of hydrogen-bond donors (Lipinski definition) is 2. The van der Waals surface area contributed by atoms with Gasteiger partial charge in [-0.15, -0.1) is 0 Å². The number of anilines is 4. The molecule has 0 aliphatic carbocycles. The molecule has 0 aliphatic heterocycles. The van der Waals surface area contributed by atoms with Gasteiger partial charge in [-0.25, -0.2) is 0 Å². The minimum atomic E-state index is 0.108. The lowest BCUT2D eigenvalue weighted by molar-refractivity contribution is 1.06. The van der Waals surface area contributed by atoms with Crippen LogP contribution in [0.4, 0.5) is 23.3 Å². The molecule has 4 aromatic carbocycles. The molecule has 0 amide bonds. The zero-order valence-electron chi connectivity index (χ0n) is 17.6. The minimum Gasteiger partial charge on any atom is -0.324 e. The molecular weight excluding hydrogens is 430 g/mol. The van der Waals surface area contributed by atoms with Crippen LogP contribution in [0.1, 0.15) is 0 Å². The molecule has 0 saturated heterocycles. The van der Waals surface area contributed by atoms with Crippen molar-refractivity contribution in [1.82, 2.24) is 15.0 Å². The molecule has 0 saturated carbocycles. The van der Waals surface area contributed by atoms with E-state index in [1.807, 2.05) is 84.9 Å². The van der Waals surface area contributed by atoms with Crippen LogP contribution in [0.25, 0.3) is 22.3 Å². The van der Waals surface area contributed by atoms with E-state index in [-0.39, 0.29) is 5.28 Å². The summed E-state index contributed by atoms with van der Waals surface area (Å²) in [6.45, 7) is 0. The van der Waals surface area contributed by atoms with Gasteiger partial charge < -0.3 is 10.6 Å². The second-order valence-corrected chi connectivity index (χ2v) is 7.73. The first-order valence-corrected chi connectivity index (χ1v) is 10.9. The Morgan fingerprint density at radius 1 is 0.424 bits per heavy atom. The van der Waals surface area contributed by atoms with Crippen LogP contribution in [0.2, 0.25) is 5.28 Å². The Bertz CT molecular complexity index is 1240. The first-order valence-electron chi connectivity index (χ1n) is 10.5. The van der Waals surface area contributed by atoms with Crippen LogP contribution < -0.4 is 10.6 Å². The first kappa shape index (κ1) is 20.7. The number of aromatic nitrogens is 3. The summed E-state index contributed by atoms with van der Waals surface area (Å²) in [7, 11) is 0. The summed E-state index contributed by atoms with van der Waals surface area (Å²) in [5, 5.41) is 6.50. The van der Waals surface area contributed by atoms with Crippen molar-refractivity contribution in [2.75, 3.05) is 10.6 Å². The molecule has 1 heterocycles. The number of rotatable bonds is 6. The highest BCUT2D eigenvalue weighted by Gasteiger charge is 2.07. The quantitative estimate of drug-likeness (QED) is 0.284. The van der Waals surface area contributed by atoms with Crippen molar-refractivity contribution < 1.29 is 0 Å². The molecule has 0 bridgehead atoms. The molecule has 0 aliphatic rings. The molecule has 2 N–H and O–H groups in total. The van der Waals surface area contributed by atoms with Crippen molar-refractivity contribution in [1.29, 1.82) is 0 Å². The van der Waals surface area contributed by atoms with Gasteiger partial charge >= 0.3 is 0 Å². The zero-order valence-corrected chi connectivity index (χ0v) is 18.4. The van der Waals surface area contributed by atoms with Crippen LogP contribution in [0.15, 0.2) is 109 Å². The van der Waals surface area contributed by atoms with E-state index in [9.17, 15) is 0 Å². The van der Waals surface area contributed by atoms with Crippen molar-refractivity contribution >= 4 is 34.9 Å². The van der Waals surface area contributed by atoms with E-state index >= 15 is 0 Å². The van der Waals surface area contributed by atoms with E-state index in [0.717, 1.165) is 33.6 Å². The van der Waals surface area contributed by atoms with Crippen molar-refractivity contribution in [3.63, 3.8) is 0 Å². The van der Waals surface area contributed by atoms with Gasteiger partial charge in [-0.05, 0) is 58.1 Å². The highest BCUT2D eigenvalue weighted by Crippen LogP contribution is 2.25. The standard InChI is InChI=1S/C27H20ClN5/c28-25-31-26(29-23-15-11-21(12-16-23)19-7-3-1-4-8-19)33-27(32-25)30-24-17-13-22(14-18-24)20-9-5-2-6-10-20/h1-18H,(H2,29,30,31,32,33). The first-order chi connectivity index (χ1) is 16.2. The molecule has 5 nitrogen and oxygen atoms in total. The molecule has 0 spiro atoms. The normalized spacial score (nSPS) is 10.6. The maximum atomic E-state index is 6.15. The maximum Gasteiger partial charge on any atom is 0.233 e. The third kappa shape index (κ3) is 5.17. The lowest BCUT2D eigenvalue weighted by Gasteiger charge is -2.10. The lowest BCUT2D eigenvalue weighted by atomic mass is 10.1. The number of hydrogen-bond acceptors (Lipinski definition) is 5. The highest BCUT2D eigenvalue weighted by molar-refractivity contribution is 6.28. The van der Waals surface area contributed by atoms with E-state index < -0.39 is 0 Å². The number of halogens is 1. The van der Waals surface area contributed by atoms with E-state index in [0.29, 0.717) is 11.9 Å². The molecule has 1 aromatic heterocycles. The average molecular weight is 450 g/mol. The van der Waals surface area contributed by atoms with Crippen molar-refractivity contribution in [3.05, 3.63) is 114 Å². The van der Waals surface area contributed by atoms with Gasteiger partial charge in [-0.2, -0.15) is 15.0 Å². The van der Waals surface area contributed by atoms with E-state index in [1.165, 1.54) is 0 Å². The van der Waals surface area contributed by atoms with Crippen LogP contribution in [-0.2, 0) is 0 Å². The zero-order chi connectivity index (χ0) is 22.5. The Balaban J connectivity index is 1.30. The summed E-state index contributed by atoms with van der Waals surface area (Å²) in [4.78, 5) is 12.9. The summed E-state index contributed by atoms with van der Waals surface area (Å²) < 4.78 is 0. The molecule has 160 valence electrons. The molecule has 33 heavy (non-hydrogen) atoms. The highest BCUT2D eigenvalue weighted by atomic mass is 35.5. The third-order valence-electron chi connectivity index (χ3n) is 5.10.